The first-order valence-electron chi connectivity index (χ1n) is 3.53. The average Bonchev–Trinajstić information content (AvgIpc) is 2.33. The molecule has 0 saturated carbocycles. The van der Waals surface area contributed by atoms with Crippen molar-refractivity contribution < 1.29 is 0 Å². The highest BCUT2D eigenvalue weighted by Gasteiger charge is 1.98. The van der Waals surface area contributed by atoms with Gasteiger partial charge < -0.3 is 0 Å². The minimum atomic E-state index is 0.957. The summed E-state index contributed by atoms with van der Waals surface area (Å²) in [5, 5.41) is 7.88. The average molecular weight is 145 g/mol. The number of fused-ring (bicyclic) bond motifs is 1. The van der Waals surface area contributed by atoms with E-state index < -0.39 is 0 Å². The summed E-state index contributed by atoms with van der Waals surface area (Å²) >= 11 is 0. The minimum absolute atomic E-state index is 0.957. The molecule has 1 aromatic carbocycles. The van der Waals surface area contributed by atoms with Gasteiger partial charge in [0.1, 0.15) is 5.52 Å². The van der Waals surface area contributed by atoms with Gasteiger partial charge in [-0.15, -0.1) is 5.10 Å². The topological polar surface area (TPSA) is 30.7 Å². The van der Waals surface area contributed by atoms with Crippen molar-refractivity contribution in [3.8, 4) is 0 Å². The van der Waals surface area contributed by atoms with Gasteiger partial charge in [-0.2, -0.15) is 0 Å². The van der Waals surface area contributed by atoms with Crippen LogP contribution in [0, 0.1) is 6.92 Å². The molecular weight excluding hydrogens is 137 g/mol. The number of hydrogen-bond acceptors (Lipinski definition) is 2. The van der Waals surface area contributed by atoms with E-state index in [0.29, 0.717) is 0 Å². The molecule has 0 radical (unpaired) electrons. The molecule has 0 atom stereocenters. The maximum atomic E-state index is 3.97. The Bertz CT molecular complexity index is 393. The van der Waals surface area contributed by atoms with Crippen molar-refractivity contribution in [1.29, 1.82) is 0 Å². The maximum absolute atomic E-state index is 3.97. The van der Waals surface area contributed by atoms with E-state index in [0.717, 1.165) is 11.0 Å². The fourth-order valence-electron chi connectivity index (χ4n) is 1.14. The Morgan fingerprint density at radius 3 is 3.09 bits per heavy atom. The molecule has 0 spiro atoms. The van der Waals surface area contributed by atoms with Gasteiger partial charge in [0.2, 0.25) is 0 Å². The molecule has 0 aliphatic rings. The van der Waals surface area contributed by atoms with E-state index in [1.165, 1.54) is 5.56 Å². The fourth-order valence-corrected chi connectivity index (χ4v) is 1.14. The largest absolute Gasteiger partial charge is 0.300 e. The third kappa shape index (κ3) is 0.907. The summed E-state index contributed by atoms with van der Waals surface area (Å²) in [4.78, 5) is 0. The molecule has 0 fully saturated rings. The molecule has 0 aliphatic heterocycles. The van der Waals surface area contributed by atoms with Crippen LogP contribution in [-0.4, -0.2) is 22.9 Å². The Labute approximate surface area is 65.4 Å². The van der Waals surface area contributed by atoms with Crippen LogP contribution < -0.4 is 0 Å². The highest BCUT2D eigenvalue weighted by Crippen LogP contribution is 2.10. The summed E-state index contributed by atoms with van der Waals surface area (Å²) in [6.45, 7) is 2.06. The predicted octanol–water partition coefficient (Wildman–Crippen LogP) is 0.136. The van der Waals surface area contributed by atoms with Crippen molar-refractivity contribution in [2.45, 2.75) is 6.92 Å². The normalized spacial score (nSPS) is 10.6. The SMILES string of the molecule is Bn1nnc2ccc(C)cc21. The first-order chi connectivity index (χ1) is 5.27. The monoisotopic (exact) mass is 145 g/mol. The summed E-state index contributed by atoms with van der Waals surface area (Å²) in [5.41, 5.74) is 3.28. The summed E-state index contributed by atoms with van der Waals surface area (Å²) in [7, 11) is 1.90. The Hall–Kier alpha value is -1.32. The number of nitrogens with zero attached hydrogens (tertiary/aromatic N) is 3. The number of aromatic nitrogens is 3. The van der Waals surface area contributed by atoms with Crippen LogP contribution in [-0.2, 0) is 0 Å². The Morgan fingerprint density at radius 1 is 1.45 bits per heavy atom. The van der Waals surface area contributed by atoms with E-state index in [1.54, 1.807) is 4.59 Å². The maximum Gasteiger partial charge on any atom is 0.252 e. The van der Waals surface area contributed by atoms with E-state index in [4.69, 9.17) is 0 Å². The van der Waals surface area contributed by atoms with Gasteiger partial charge in [-0.1, -0.05) is 11.3 Å². The first-order valence-corrected chi connectivity index (χ1v) is 3.53. The molecule has 0 unspecified atom stereocenters. The third-order valence-electron chi connectivity index (χ3n) is 1.77. The number of hydrogen-bond donors (Lipinski definition) is 0. The lowest BCUT2D eigenvalue weighted by Crippen LogP contribution is -1.92. The van der Waals surface area contributed by atoms with E-state index >= 15 is 0 Å². The van der Waals surface area contributed by atoms with Crippen LogP contribution in [0.2, 0.25) is 0 Å². The molecule has 2 rings (SSSR count). The molecule has 0 N–H and O–H groups in total. The quantitative estimate of drug-likeness (QED) is 0.493. The van der Waals surface area contributed by atoms with Crippen LogP contribution in [0.3, 0.4) is 0 Å². The minimum Gasteiger partial charge on any atom is -0.300 e. The standard InChI is InChI=1S/C7H8BN3/c1-5-2-3-6-7(4-5)11(8)10-9-6/h2-4H,8H2,1H3. The molecule has 0 saturated heterocycles. The van der Waals surface area contributed by atoms with Crippen molar-refractivity contribution >= 4 is 19.0 Å². The van der Waals surface area contributed by atoms with Crippen molar-refractivity contribution in [1.82, 2.24) is 14.9 Å². The Kier molecular flexibility index (Phi) is 1.21. The molecule has 1 aromatic heterocycles. The van der Waals surface area contributed by atoms with Crippen LogP contribution in [0.15, 0.2) is 18.2 Å². The van der Waals surface area contributed by atoms with Crippen molar-refractivity contribution in [3.05, 3.63) is 23.8 Å². The second-order valence-corrected chi connectivity index (χ2v) is 2.71. The lowest BCUT2D eigenvalue weighted by molar-refractivity contribution is 0.898. The van der Waals surface area contributed by atoms with E-state index in [9.17, 15) is 0 Å². The second-order valence-electron chi connectivity index (χ2n) is 2.71. The molecule has 0 aliphatic carbocycles. The van der Waals surface area contributed by atoms with Crippen LogP contribution in [0.1, 0.15) is 5.56 Å². The molecule has 0 amide bonds. The lowest BCUT2D eigenvalue weighted by atomic mass is 10.2. The van der Waals surface area contributed by atoms with E-state index in [-0.39, 0.29) is 0 Å². The van der Waals surface area contributed by atoms with Gasteiger partial charge >= 0.3 is 0 Å². The summed E-state index contributed by atoms with van der Waals surface area (Å²) < 4.78 is 1.78. The highest BCUT2D eigenvalue weighted by atomic mass is 15.4. The summed E-state index contributed by atoms with van der Waals surface area (Å²) in [6.07, 6.45) is 0. The third-order valence-corrected chi connectivity index (χ3v) is 1.77. The van der Waals surface area contributed by atoms with Crippen LogP contribution in [0.25, 0.3) is 11.0 Å². The van der Waals surface area contributed by atoms with Crippen molar-refractivity contribution in [3.63, 3.8) is 0 Å². The van der Waals surface area contributed by atoms with Crippen molar-refractivity contribution in [2.75, 3.05) is 0 Å². The number of aryl methyl sites for hydroxylation is 1. The van der Waals surface area contributed by atoms with E-state index in [1.807, 2.05) is 20.1 Å². The Morgan fingerprint density at radius 2 is 2.27 bits per heavy atom. The van der Waals surface area contributed by atoms with Gasteiger partial charge in [0.05, 0.1) is 5.52 Å². The van der Waals surface area contributed by atoms with Gasteiger partial charge in [-0.05, 0) is 24.6 Å². The summed E-state index contributed by atoms with van der Waals surface area (Å²) in [6, 6.07) is 6.10. The van der Waals surface area contributed by atoms with Crippen LogP contribution in [0.4, 0.5) is 0 Å². The lowest BCUT2D eigenvalue weighted by Gasteiger charge is -1.92. The van der Waals surface area contributed by atoms with Gasteiger partial charge in [0, 0.05) is 0 Å². The van der Waals surface area contributed by atoms with Gasteiger partial charge in [0.15, 0.2) is 0 Å². The molecule has 11 heavy (non-hydrogen) atoms. The molecule has 4 heteroatoms. The summed E-state index contributed by atoms with van der Waals surface area (Å²) in [5.74, 6) is 0. The molecule has 3 nitrogen and oxygen atoms in total. The smallest absolute Gasteiger partial charge is 0.252 e. The zero-order valence-electron chi connectivity index (χ0n) is 6.57. The van der Waals surface area contributed by atoms with Crippen LogP contribution >= 0.6 is 0 Å². The van der Waals surface area contributed by atoms with Gasteiger partial charge in [0.25, 0.3) is 7.98 Å². The van der Waals surface area contributed by atoms with E-state index in [2.05, 4.69) is 23.3 Å². The molecular formula is C7H8BN3. The molecule has 54 valence electrons. The highest BCUT2D eigenvalue weighted by molar-refractivity contribution is 6.09. The number of rotatable bonds is 0. The van der Waals surface area contributed by atoms with Crippen molar-refractivity contribution in [2.24, 2.45) is 0 Å². The second kappa shape index (κ2) is 2.08. The zero-order valence-corrected chi connectivity index (χ0v) is 6.57. The first kappa shape index (κ1) is 6.40. The molecule has 2 aromatic rings. The Balaban J connectivity index is 2.87. The van der Waals surface area contributed by atoms with Gasteiger partial charge in [-0.3, -0.25) is 4.59 Å². The van der Waals surface area contributed by atoms with Gasteiger partial charge in [-0.25, -0.2) is 0 Å². The van der Waals surface area contributed by atoms with Crippen LogP contribution in [0.5, 0.6) is 0 Å². The fraction of sp³-hybridized carbons (Fsp3) is 0.143. The zero-order chi connectivity index (χ0) is 7.84. The molecule has 0 bridgehead atoms. The predicted molar refractivity (Wildman–Crippen MR) is 46.2 cm³/mol. The molecule has 1 heterocycles. The number of benzene rings is 1.